The summed E-state index contributed by atoms with van der Waals surface area (Å²) in [4.78, 5) is 6.82. The molecule has 1 aromatic rings. The number of nitrogens with one attached hydrogen (secondary N) is 2. The minimum atomic E-state index is -2.89. The zero-order valence-electron chi connectivity index (χ0n) is 16.3. The molecule has 27 heavy (non-hydrogen) atoms. The highest BCUT2D eigenvalue weighted by atomic mass is 32.2. The number of nitrogens with zero attached hydrogens (tertiary/aromatic N) is 2. The van der Waals surface area contributed by atoms with Crippen molar-refractivity contribution in [3.05, 3.63) is 35.4 Å². The van der Waals surface area contributed by atoms with E-state index in [1.165, 1.54) is 49.9 Å². The molecule has 0 bridgehead atoms. The van der Waals surface area contributed by atoms with Crippen LogP contribution in [-0.4, -0.2) is 57.0 Å². The Morgan fingerprint density at radius 2 is 1.85 bits per heavy atom. The lowest BCUT2D eigenvalue weighted by Crippen LogP contribution is -2.43. The third-order valence-electron chi connectivity index (χ3n) is 5.45. The fraction of sp³-hybridized carbons (Fsp3) is 0.650. The summed E-state index contributed by atoms with van der Waals surface area (Å²) in [5.41, 5.74) is 2.62. The Labute approximate surface area is 163 Å². The van der Waals surface area contributed by atoms with Crippen molar-refractivity contribution in [3.63, 3.8) is 0 Å². The van der Waals surface area contributed by atoms with E-state index in [0.29, 0.717) is 18.9 Å². The van der Waals surface area contributed by atoms with Crippen LogP contribution in [0.3, 0.4) is 0 Å². The standard InChI is InChI=1S/C20H32N4O2S/c1-21-20(23-19-10-13-27(25,26)16-19)22-14-17-8-4-5-9-18(17)15-24-11-6-2-3-7-12-24/h4-5,8-9,19H,2-3,6-7,10-16H2,1H3,(H2,21,22,23). The van der Waals surface area contributed by atoms with E-state index >= 15 is 0 Å². The van der Waals surface area contributed by atoms with Gasteiger partial charge in [-0.3, -0.25) is 9.89 Å². The summed E-state index contributed by atoms with van der Waals surface area (Å²) in [5, 5.41) is 6.61. The van der Waals surface area contributed by atoms with E-state index in [1.807, 2.05) is 0 Å². The zero-order chi connectivity index (χ0) is 19.1. The lowest BCUT2D eigenvalue weighted by Gasteiger charge is -2.22. The Balaban J connectivity index is 1.56. The molecule has 6 nitrogen and oxygen atoms in total. The molecule has 1 atom stereocenters. The highest BCUT2D eigenvalue weighted by Gasteiger charge is 2.28. The Kier molecular flexibility index (Phi) is 7.13. The monoisotopic (exact) mass is 392 g/mol. The summed E-state index contributed by atoms with van der Waals surface area (Å²) in [6, 6.07) is 8.50. The maximum absolute atomic E-state index is 11.6. The van der Waals surface area contributed by atoms with Crippen LogP contribution in [0.15, 0.2) is 29.3 Å². The minimum absolute atomic E-state index is 0.0476. The Hall–Kier alpha value is -1.60. The second kappa shape index (κ2) is 9.55. The number of benzene rings is 1. The Morgan fingerprint density at radius 3 is 2.48 bits per heavy atom. The van der Waals surface area contributed by atoms with Gasteiger partial charge in [-0.15, -0.1) is 0 Å². The molecule has 0 aliphatic carbocycles. The number of likely N-dealkylation sites (tertiary alicyclic amines) is 1. The molecule has 0 amide bonds. The van der Waals surface area contributed by atoms with Crippen LogP contribution >= 0.6 is 0 Å². The molecule has 7 heteroatoms. The molecule has 3 rings (SSSR count). The van der Waals surface area contributed by atoms with Crippen LogP contribution < -0.4 is 10.6 Å². The van der Waals surface area contributed by atoms with E-state index in [2.05, 4.69) is 44.8 Å². The van der Waals surface area contributed by atoms with E-state index in [0.717, 1.165) is 6.54 Å². The molecule has 2 N–H and O–H groups in total. The van der Waals surface area contributed by atoms with Gasteiger partial charge in [-0.05, 0) is 43.5 Å². The first-order valence-corrected chi connectivity index (χ1v) is 11.8. The van der Waals surface area contributed by atoms with Crippen LogP contribution in [0.4, 0.5) is 0 Å². The van der Waals surface area contributed by atoms with Crippen molar-refractivity contribution < 1.29 is 8.42 Å². The predicted octanol–water partition coefficient (Wildman–Crippen LogP) is 1.91. The molecule has 0 aromatic heterocycles. The maximum Gasteiger partial charge on any atom is 0.191 e. The molecule has 1 unspecified atom stereocenters. The molecule has 150 valence electrons. The van der Waals surface area contributed by atoms with Gasteiger partial charge in [0, 0.05) is 26.2 Å². The van der Waals surface area contributed by atoms with Gasteiger partial charge < -0.3 is 10.6 Å². The number of sulfone groups is 1. The second-order valence-electron chi connectivity index (χ2n) is 7.63. The normalized spacial score (nSPS) is 23.7. The van der Waals surface area contributed by atoms with E-state index < -0.39 is 9.84 Å². The van der Waals surface area contributed by atoms with Crippen LogP contribution in [0.5, 0.6) is 0 Å². The molecule has 0 spiro atoms. The highest BCUT2D eigenvalue weighted by molar-refractivity contribution is 7.91. The summed E-state index contributed by atoms with van der Waals surface area (Å²) < 4.78 is 23.3. The highest BCUT2D eigenvalue weighted by Crippen LogP contribution is 2.16. The molecule has 1 aromatic carbocycles. The van der Waals surface area contributed by atoms with Crippen LogP contribution in [0.1, 0.15) is 43.2 Å². The quantitative estimate of drug-likeness (QED) is 0.592. The van der Waals surface area contributed by atoms with E-state index in [1.54, 1.807) is 7.05 Å². The molecular formula is C20H32N4O2S. The summed E-state index contributed by atoms with van der Waals surface area (Å²) >= 11 is 0. The summed E-state index contributed by atoms with van der Waals surface area (Å²) in [5.74, 6) is 1.13. The summed E-state index contributed by atoms with van der Waals surface area (Å²) in [6.45, 7) is 4.04. The number of guanidine groups is 1. The van der Waals surface area contributed by atoms with Crippen molar-refractivity contribution in [3.8, 4) is 0 Å². The predicted molar refractivity (Wildman–Crippen MR) is 111 cm³/mol. The summed E-state index contributed by atoms with van der Waals surface area (Å²) in [7, 11) is -1.17. The smallest absolute Gasteiger partial charge is 0.191 e. The lowest BCUT2D eigenvalue weighted by molar-refractivity contribution is 0.276. The van der Waals surface area contributed by atoms with Crippen molar-refractivity contribution >= 4 is 15.8 Å². The molecule has 0 radical (unpaired) electrons. The number of rotatable bonds is 5. The van der Waals surface area contributed by atoms with Crippen molar-refractivity contribution in [2.24, 2.45) is 4.99 Å². The van der Waals surface area contributed by atoms with Crippen molar-refractivity contribution in [1.82, 2.24) is 15.5 Å². The number of hydrogen-bond donors (Lipinski definition) is 2. The SMILES string of the molecule is CN=C(NCc1ccccc1CN1CCCCCC1)NC1CCS(=O)(=O)C1. The molecule has 2 aliphatic rings. The molecular weight excluding hydrogens is 360 g/mol. The van der Waals surface area contributed by atoms with Crippen LogP contribution in [0, 0.1) is 0 Å². The topological polar surface area (TPSA) is 73.8 Å². The third-order valence-corrected chi connectivity index (χ3v) is 7.22. The molecule has 2 heterocycles. The van der Waals surface area contributed by atoms with Crippen molar-refractivity contribution in [2.45, 2.75) is 51.2 Å². The van der Waals surface area contributed by atoms with Gasteiger partial charge in [0.05, 0.1) is 11.5 Å². The third kappa shape index (κ3) is 6.21. The molecule has 2 aliphatic heterocycles. The maximum atomic E-state index is 11.6. The first-order valence-electron chi connectivity index (χ1n) is 10.0. The van der Waals surface area contributed by atoms with Gasteiger partial charge in [-0.2, -0.15) is 0 Å². The van der Waals surface area contributed by atoms with Gasteiger partial charge in [0.1, 0.15) is 0 Å². The molecule has 2 fully saturated rings. The largest absolute Gasteiger partial charge is 0.353 e. The first kappa shape index (κ1) is 20.1. The average molecular weight is 393 g/mol. The summed E-state index contributed by atoms with van der Waals surface area (Å²) in [6.07, 6.45) is 5.92. The number of aliphatic imine (C=N–C) groups is 1. The van der Waals surface area contributed by atoms with Gasteiger partial charge in [0.15, 0.2) is 15.8 Å². The molecule has 2 saturated heterocycles. The average Bonchev–Trinajstić information content (AvgIpc) is 2.84. The number of hydrogen-bond acceptors (Lipinski definition) is 4. The van der Waals surface area contributed by atoms with Crippen molar-refractivity contribution in [1.29, 1.82) is 0 Å². The van der Waals surface area contributed by atoms with Crippen LogP contribution in [-0.2, 0) is 22.9 Å². The van der Waals surface area contributed by atoms with Crippen LogP contribution in [0.25, 0.3) is 0 Å². The van der Waals surface area contributed by atoms with E-state index in [-0.39, 0.29) is 17.5 Å². The Bertz CT molecular complexity index is 740. The Morgan fingerprint density at radius 1 is 1.15 bits per heavy atom. The van der Waals surface area contributed by atoms with Gasteiger partial charge >= 0.3 is 0 Å². The first-order chi connectivity index (χ1) is 13.1. The van der Waals surface area contributed by atoms with Gasteiger partial charge in [0.25, 0.3) is 0 Å². The van der Waals surface area contributed by atoms with Gasteiger partial charge in [-0.25, -0.2) is 8.42 Å². The minimum Gasteiger partial charge on any atom is -0.353 e. The lowest BCUT2D eigenvalue weighted by atomic mass is 10.1. The van der Waals surface area contributed by atoms with Crippen molar-refractivity contribution in [2.75, 3.05) is 31.6 Å². The second-order valence-corrected chi connectivity index (χ2v) is 9.86. The van der Waals surface area contributed by atoms with E-state index in [4.69, 9.17) is 0 Å². The van der Waals surface area contributed by atoms with E-state index in [9.17, 15) is 8.42 Å². The fourth-order valence-electron chi connectivity index (χ4n) is 3.90. The zero-order valence-corrected chi connectivity index (χ0v) is 17.1. The van der Waals surface area contributed by atoms with Gasteiger partial charge in [-0.1, -0.05) is 37.1 Å². The van der Waals surface area contributed by atoms with Crippen LogP contribution in [0.2, 0.25) is 0 Å². The van der Waals surface area contributed by atoms with Gasteiger partial charge in [0.2, 0.25) is 0 Å². The fourth-order valence-corrected chi connectivity index (χ4v) is 5.57. The molecule has 0 saturated carbocycles.